The van der Waals surface area contributed by atoms with Crippen molar-refractivity contribution < 1.29 is 27.5 Å². The Bertz CT molecular complexity index is 713. The van der Waals surface area contributed by atoms with Crippen LogP contribution in [0.2, 0.25) is 0 Å². The first-order valence-corrected chi connectivity index (χ1v) is 10.7. The van der Waals surface area contributed by atoms with Crippen LogP contribution in [0.1, 0.15) is 34.1 Å². The van der Waals surface area contributed by atoms with Gasteiger partial charge in [0, 0.05) is 22.1 Å². The highest BCUT2D eigenvalue weighted by Gasteiger charge is 2.70. The van der Waals surface area contributed by atoms with Crippen molar-refractivity contribution in [3.05, 3.63) is 12.7 Å². The molecule has 2 bridgehead atoms. The second-order valence-corrected chi connectivity index (χ2v) is 11.1. The Kier molecular flexibility index (Phi) is 4.49. The van der Waals surface area contributed by atoms with Crippen molar-refractivity contribution in [1.29, 1.82) is 0 Å². The topological polar surface area (TPSA) is 90.0 Å². The second-order valence-electron chi connectivity index (χ2n) is 7.60. The number of esters is 2. The lowest BCUT2D eigenvalue weighted by atomic mass is 9.90. The summed E-state index contributed by atoms with van der Waals surface area (Å²) in [6, 6.07) is -0.370. The molecule has 3 fully saturated rings. The number of carbonyl (C=O) groups is 2. The van der Waals surface area contributed by atoms with Gasteiger partial charge in [-0.2, -0.15) is 4.31 Å². The number of thioether (sulfide) groups is 1. The molecule has 0 N–H and O–H groups in total. The second kappa shape index (κ2) is 5.99. The fourth-order valence-electron chi connectivity index (χ4n) is 3.98. The Morgan fingerprint density at radius 3 is 2.56 bits per heavy atom. The third-order valence-electron chi connectivity index (χ3n) is 4.84. The zero-order chi connectivity index (χ0) is 18.7. The first kappa shape index (κ1) is 18.7. The van der Waals surface area contributed by atoms with Gasteiger partial charge in [0.15, 0.2) is 6.10 Å². The number of hydrogen-bond donors (Lipinski definition) is 0. The van der Waals surface area contributed by atoms with E-state index in [0.717, 1.165) is 6.08 Å². The summed E-state index contributed by atoms with van der Waals surface area (Å²) in [5.41, 5.74) is -0.595. The largest absolute Gasteiger partial charge is 0.457 e. The van der Waals surface area contributed by atoms with E-state index in [4.69, 9.17) is 9.47 Å². The molecule has 9 heteroatoms. The molecule has 0 aromatic rings. The Morgan fingerprint density at radius 2 is 2.00 bits per heavy atom. The van der Waals surface area contributed by atoms with Crippen LogP contribution in [0.5, 0.6) is 0 Å². The van der Waals surface area contributed by atoms with Crippen LogP contribution in [-0.2, 0) is 29.1 Å². The van der Waals surface area contributed by atoms with E-state index in [-0.39, 0.29) is 16.5 Å². The molecule has 0 radical (unpaired) electrons. The van der Waals surface area contributed by atoms with Crippen LogP contribution >= 0.6 is 11.8 Å². The molecule has 3 rings (SSSR count). The average Bonchev–Trinajstić information content (AvgIpc) is 3.09. The molecule has 3 saturated heterocycles. The third-order valence-corrected chi connectivity index (χ3v) is 9.33. The molecule has 0 amide bonds. The first-order valence-electron chi connectivity index (χ1n) is 8.21. The summed E-state index contributed by atoms with van der Waals surface area (Å²) in [6.45, 7) is 10.3. The van der Waals surface area contributed by atoms with Gasteiger partial charge in [0.1, 0.15) is 6.10 Å². The minimum Gasteiger partial charge on any atom is -0.457 e. The lowest BCUT2D eigenvalue weighted by Crippen LogP contribution is -2.54. The van der Waals surface area contributed by atoms with Crippen molar-refractivity contribution in [3.63, 3.8) is 0 Å². The SMILES string of the molecule is C=CC(=O)OC(C)C(=O)OC1C2CC3C(S2)C1N(C(C)(C)C)S3(=O)=O. The minimum absolute atomic E-state index is 0.0478. The molecule has 0 aromatic heterocycles. The van der Waals surface area contributed by atoms with Gasteiger partial charge in [-0.25, -0.2) is 18.0 Å². The first-order chi connectivity index (χ1) is 11.5. The molecule has 0 aliphatic carbocycles. The molecule has 140 valence electrons. The predicted octanol–water partition coefficient (Wildman–Crippen LogP) is 1.08. The van der Waals surface area contributed by atoms with E-state index in [0.29, 0.717) is 6.42 Å². The van der Waals surface area contributed by atoms with Crippen molar-refractivity contribution >= 4 is 33.7 Å². The summed E-state index contributed by atoms with van der Waals surface area (Å²) < 4.78 is 37.8. The highest BCUT2D eigenvalue weighted by molar-refractivity contribution is 8.03. The van der Waals surface area contributed by atoms with Gasteiger partial charge < -0.3 is 9.47 Å². The zero-order valence-corrected chi connectivity index (χ0v) is 16.3. The van der Waals surface area contributed by atoms with E-state index in [1.807, 2.05) is 20.8 Å². The monoisotopic (exact) mass is 389 g/mol. The van der Waals surface area contributed by atoms with Crippen LogP contribution < -0.4 is 0 Å². The minimum atomic E-state index is -3.42. The molecule has 0 spiro atoms. The number of fused-ring (bicyclic) bond motifs is 1. The zero-order valence-electron chi connectivity index (χ0n) is 14.7. The van der Waals surface area contributed by atoms with Crippen LogP contribution in [0, 0.1) is 0 Å². The highest BCUT2D eigenvalue weighted by Crippen LogP contribution is 2.58. The Morgan fingerprint density at radius 1 is 1.36 bits per heavy atom. The summed E-state index contributed by atoms with van der Waals surface area (Å²) in [7, 11) is -3.42. The number of hydrogen-bond acceptors (Lipinski definition) is 7. The maximum atomic E-state index is 12.9. The van der Waals surface area contributed by atoms with Gasteiger partial charge in [0.05, 0.1) is 11.3 Å². The predicted molar refractivity (Wildman–Crippen MR) is 93.5 cm³/mol. The van der Waals surface area contributed by atoms with Gasteiger partial charge in [-0.3, -0.25) is 0 Å². The van der Waals surface area contributed by atoms with Crippen LogP contribution in [0.4, 0.5) is 0 Å². The molecule has 3 heterocycles. The van der Waals surface area contributed by atoms with Crippen LogP contribution in [0.15, 0.2) is 12.7 Å². The lowest BCUT2D eigenvalue weighted by Gasteiger charge is -2.37. The van der Waals surface area contributed by atoms with E-state index in [9.17, 15) is 18.0 Å². The molecule has 6 atom stereocenters. The molecular weight excluding hydrogens is 366 g/mol. The van der Waals surface area contributed by atoms with E-state index in [1.165, 1.54) is 11.2 Å². The summed E-state index contributed by atoms with van der Waals surface area (Å²) in [6.07, 6.45) is -0.127. The Balaban J connectivity index is 1.81. The molecule has 3 aliphatic rings. The molecule has 0 saturated carbocycles. The van der Waals surface area contributed by atoms with E-state index in [2.05, 4.69) is 6.58 Å². The molecule has 6 unspecified atom stereocenters. The third kappa shape index (κ3) is 2.90. The van der Waals surface area contributed by atoms with Gasteiger partial charge in [0.2, 0.25) is 10.0 Å². The lowest BCUT2D eigenvalue weighted by molar-refractivity contribution is -0.170. The smallest absolute Gasteiger partial charge is 0.347 e. The molecule has 3 aliphatic heterocycles. The van der Waals surface area contributed by atoms with Gasteiger partial charge in [-0.05, 0) is 34.1 Å². The number of sulfonamides is 1. The van der Waals surface area contributed by atoms with Crippen molar-refractivity contribution in [2.75, 3.05) is 0 Å². The van der Waals surface area contributed by atoms with Crippen LogP contribution in [0.3, 0.4) is 0 Å². The fourth-order valence-corrected chi connectivity index (χ4v) is 9.20. The standard InChI is InChI=1S/C16H23NO6S2/c1-6-11(18)22-8(2)15(19)23-13-9-7-10-14(24-9)12(13)17(16(3,4)5)25(10,20)21/h6,8-10,12-14H,1,7H2,2-5H3. The summed E-state index contributed by atoms with van der Waals surface area (Å²) >= 11 is 1.59. The molecule has 0 aromatic carbocycles. The average molecular weight is 389 g/mol. The van der Waals surface area contributed by atoms with E-state index >= 15 is 0 Å². The number of carbonyl (C=O) groups excluding carboxylic acids is 2. The van der Waals surface area contributed by atoms with Gasteiger partial charge >= 0.3 is 11.9 Å². The van der Waals surface area contributed by atoms with Crippen molar-refractivity contribution in [3.8, 4) is 0 Å². The highest BCUT2D eigenvalue weighted by atomic mass is 32.2. The number of rotatable bonds is 4. The van der Waals surface area contributed by atoms with Crippen molar-refractivity contribution in [2.45, 2.75) is 73.7 Å². The number of nitrogens with zero attached hydrogens (tertiary/aromatic N) is 1. The quantitative estimate of drug-likeness (QED) is 0.525. The molecule has 25 heavy (non-hydrogen) atoms. The van der Waals surface area contributed by atoms with Crippen LogP contribution in [0.25, 0.3) is 0 Å². The van der Waals surface area contributed by atoms with Crippen molar-refractivity contribution in [2.24, 2.45) is 0 Å². The van der Waals surface area contributed by atoms with Gasteiger partial charge in [-0.15, -0.1) is 11.8 Å². The Labute approximate surface area is 152 Å². The van der Waals surface area contributed by atoms with Crippen molar-refractivity contribution in [1.82, 2.24) is 4.31 Å². The Hall–Kier alpha value is -1.06. The molecule has 7 nitrogen and oxygen atoms in total. The number of ether oxygens (including phenoxy) is 2. The van der Waals surface area contributed by atoms with E-state index in [1.54, 1.807) is 11.8 Å². The fraction of sp³-hybridized carbons (Fsp3) is 0.750. The summed E-state index contributed by atoms with van der Waals surface area (Å²) in [5, 5.41) is -0.538. The summed E-state index contributed by atoms with van der Waals surface area (Å²) in [4.78, 5) is 23.6. The van der Waals surface area contributed by atoms with Gasteiger partial charge in [-0.1, -0.05) is 6.58 Å². The summed E-state index contributed by atoms with van der Waals surface area (Å²) in [5.74, 6) is -1.37. The van der Waals surface area contributed by atoms with Crippen LogP contribution in [-0.4, -0.2) is 64.2 Å². The maximum absolute atomic E-state index is 12.9. The van der Waals surface area contributed by atoms with Gasteiger partial charge in [0.25, 0.3) is 0 Å². The van der Waals surface area contributed by atoms with E-state index < -0.39 is 45.0 Å². The normalized spacial score (nSPS) is 36.9. The maximum Gasteiger partial charge on any atom is 0.347 e. The molecular formula is C16H23NO6S2.